The average molecular weight is 168 g/mol. The Morgan fingerprint density at radius 2 is 2.42 bits per heavy atom. The summed E-state index contributed by atoms with van der Waals surface area (Å²) in [5.74, 6) is 0.287. The molecule has 1 saturated heterocycles. The molecule has 2 rings (SSSR count). The minimum absolute atomic E-state index is 0.216. The molecule has 0 aromatic heterocycles. The van der Waals surface area contributed by atoms with E-state index < -0.39 is 0 Å². The Labute approximate surface area is 69.9 Å². The summed E-state index contributed by atoms with van der Waals surface area (Å²) in [6, 6.07) is 6.10. The van der Waals surface area contributed by atoms with Crippen LogP contribution >= 0.6 is 0 Å². The van der Waals surface area contributed by atoms with Gasteiger partial charge in [0.05, 0.1) is 6.61 Å². The fourth-order valence-electron chi connectivity index (χ4n) is 0.910. The molecular weight excluding hydrogens is 159 g/mol. The van der Waals surface area contributed by atoms with Crippen LogP contribution in [-0.4, -0.2) is 19.3 Å². The summed E-state index contributed by atoms with van der Waals surface area (Å²) >= 11 is 0. The van der Waals surface area contributed by atoms with Crippen LogP contribution < -0.4 is 4.74 Å². The highest BCUT2D eigenvalue weighted by atomic mass is 19.1. The minimum atomic E-state index is -0.274. The predicted molar refractivity (Wildman–Crippen MR) is 41.6 cm³/mol. The minimum Gasteiger partial charge on any atom is -0.491 e. The fraction of sp³-hybridized carbons (Fsp3) is 0.333. The molecule has 64 valence electrons. The number of halogens is 1. The van der Waals surface area contributed by atoms with Gasteiger partial charge in [-0.25, -0.2) is 4.39 Å². The van der Waals surface area contributed by atoms with Crippen molar-refractivity contribution in [2.75, 3.05) is 13.2 Å². The smallest absolute Gasteiger partial charge is 0.126 e. The zero-order chi connectivity index (χ0) is 8.39. The molecule has 1 aliphatic heterocycles. The van der Waals surface area contributed by atoms with Crippen molar-refractivity contribution in [3.63, 3.8) is 0 Å². The van der Waals surface area contributed by atoms with Crippen molar-refractivity contribution in [3.8, 4) is 5.75 Å². The lowest BCUT2D eigenvalue weighted by atomic mass is 10.3. The van der Waals surface area contributed by atoms with Gasteiger partial charge in [0.25, 0.3) is 0 Å². The summed E-state index contributed by atoms with van der Waals surface area (Å²) in [6.45, 7) is 1.28. The molecule has 1 aromatic carbocycles. The van der Waals surface area contributed by atoms with Crippen LogP contribution in [0.15, 0.2) is 24.3 Å². The van der Waals surface area contributed by atoms with E-state index in [-0.39, 0.29) is 11.9 Å². The van der Waals surface area contributed by atoms with Crippen molar-refractivity contribution >= 4 is 0 Å². The van der Waals surface area contributed by atoms with Crippen molar-refractivity contribution in [2.24, 2.45) is 0 Å². The molecule has 1 fully saturated rings. The monoisotopic (exact) mass is 168 g/mol. The summed E-state index contributed by atoms with van der Waals surface area (Å²) in [5, 5.41) is 0. The molecule has 1 aromatic rings. The first-order valence-electron chi connectivity index (χ1n) is 3.84. The van der Waals surface area contributed by atoms with Crippen molar-refractivity contribution < 1.29 is 13.9 Å². The standard InChI is InChI=1S/C9H9FO2/c10-7-2-1-3-8(4-7)11-5-9-6-12-9/h1-4,9H,5-6H2/t9-/m1/s1. The zero-order valence-corrected chi connectivity index (χ0v) is 6.50. The summed E-state index contributed by atoms with van der Waals surface area (Å²) < 4.78 is 22.8. The molecule has 1 aliphatic rings. The maximum atomic E-state index is 12.6. The van der Waals surface area contributed by atoms with Gasteiger partial charge in [0.15, 0.2) is 0 Å². The highest BCUT2D eigenvalue weighted by Gasteiger charge is 2.22. The van der Waals surface area contributed by atoms with E-state index in [4.69, 9.17) is 9.47 Å². The van der Waals surface area contributed by atoms with Crippen LogP contribution in [0, 0.1) is 5.82 Å². The van der Waals surface area contributed by atoms with Gasteiger partial charge in [0.1, 0.15) is 24.3 Å². The number of hydrogen-bond acceptors (Lipinski definition) is 2. The van der Waals surface area contributed by atoms with Gasteiger partial charge in [-0.1, -0.05) is 6.07 Å². The second-order valence-corrected chi connectivity index (χ2v) is 2.72. The van der Waals surface area contributed by atoms with Crippen molar-refractivity contribution in [1.82, 2.24) is 0 Å². The molecule has 1 heterocycles. The molecule has 0 saturated carbocycles. The zero-order valence-electron chi connectivity index (χ0n) is 6.50. The van der Waals surface area contributed by atoms with Gasteiger partial charge in [0, 0.05) is 6.07 Å². The number of benzene rings is 1. The highest BCUT2D eigenvalue weighted by molar-refractivity contribution is 5.22. The first-order chi connectivity index (χ1) is 5.84. The van der Waals surface area contributed by atoms with Crippen molar-refractivity contribution in [1.29, 1.82) is 0 Å². The third-order valence-electron chi connectivity index (χ3n) is 1.63. The van der Waals surface area contributed by atoms with Crippen LogP contribution in [0.2, 0.25) is 0 Å². The third kappa shape index (κ3) is 1.95. The number of ether oxygens (including phenoxy) is 2. The van der Waals surface area contributed by atoms with E-state index >= 15 is 0 Å². The Balaban J connectivity index is 1.92. The van der Waals surface area contributed by atoms with Crippen LogP contribution in [0.1, 0.15) is 0 Å². The van der Waals surface area contributed by atoms with E-state index in [0.717, 1.165) is 6.61 Å². The molecule has 1 atom stereocenters. The van der Waals surface area contributed by atoms with E-state index in [1.54, 1.807) is 12.1 Å². The van der Waals surface area contributed by atoms with E-state index in [1.807, 2.05) is 0 Å². The summed E-state index contributed by atoms with van der Waals surface area (Å²) in [4.78, 5) is 0. The largest absolute Gasteiger partial charge is 0.491 e. The number of epoxide rings is 1. The molecule has 0 aliphatic carbocycles. The molecule has 0 amide bonds. The van der Waals surface area contributed by atoms with Crippen LogP contribution in [0.5, 0.6) is 5.75 Å². The Morgan fingerprint density at radius 3 is 3.08 bits per heavy atom. The van der Waals surface area contributed by atoms with E-state index in [0.29, 0.717) is 12.4 Å². The molecule has 3 heteroatoms. The third-order valence-corrected chi connectivity index (χ3v) is 1.63. The molecule has 12 heavy (non-hydrogen) atoms. The van der Waals surface area contributed by atoms with Gasteiger partial charge in [-0.05, 0) is 12.1 Å². The van der Waals surface area contributed by atoms with E-state index in [9.17, 15) is 4.39 Å². The predicted octanol–water partition coefficient (Wildman–Crippen LogP) is 1.60. The molecule has 0 unspecified atom stereocenters. The van der Waals surface area contributed by atoms with E-state index in [2.05, 4.69) is 0 Å². The Kier molecular flexibility index (Phi) is 1.96. The SMILES string of the molecule is Fc1cccc(OC[C@@H]2CO2)c1. The lowest BCUT2D eigenvalue weighted by Gasteiger charge is -2.02. The van der Waals surface area contributed by atoms with Gasteiger partial charge < -0.3 is 9.47 Å². The molecule has 0 radical (unpaired) electrons. The lowest BCUT2D eigenvalue weighted by molar-refractivity contribution is 0.262. The van der Waals surface area contributed by atoms with Crippen molar-refractivity contribution in [3.05, 3.63) is 30.1 Å². The van der Waals surface area contributed by atoms with Gasteiger partial charge in [-0.2, -0.15) is 0 Å². The summed E-state index contributed by atoms with van der Waals surface area (Å²) in [5.41, 5.74) is 0. The first kappa shape index (κ1) is 7.55. The van der Waals surface area contributed by atoms with Crippen LogP contribution in [0.25, 0.3) is 0 Å². The Hall–Kier alpha value is -1.09. The van der Waals surface area contributed by atoms with Gasteiger partial charge >= 0.3 is 0 Å². The average Bonchev–Trinajstić information content (AvgIpc) is 2.84. The quantitative estimate of drug-likeness (QED) is 0.639. The normalized spacial score (nSPS) is 20.6. The molecule has 0 bridgehead atoms. The van der Waals surface area contributed by atoms with Crippen LogP contribution in [0.3, 0.4) is 0 Å². The van der Waals surface area contributed by atoms with Gasteiger partial charge in [-0.3, -0.25) is 0 Å². The Bertz CT molecular complexity index is 271. The van der Waals surface area contributed by atoms with Crippen LogP contribution in [-0.2, 0) is 4.74 Å². The van der Waals surface area contributed by atoms with Gasteiger partial charge in [0.2, 0.25) is 0 Å². The van der Waals surface area contributed by atoms with Crippen molar-refractivity contribution in [2.45, 2.75) is 6.10 Å². The molecular formula is C9H9FO2. The summed E-state index contributed by atoms with van der Waals surface area (Å²) in [6.07, 6.45) is 0.216. The van der Waals surface area contributed by atoms with Gasteiger partial charge in [-0.15, -0.1) is 0 Å². The number of hydrogen-bond donors (Lipinski definition) is 0. The highest BCUT2D eigenvalue weighted by Crippen LogP contribution is 2.15. The van der Waals surface area contributed by atoms with E-state index in [1.165, 1.54) is 12.1 Å². The molecule has 0 N–H and O–H groups in total. The maximum Gasteiger partial charge on any atom is 0.126 e. The second kappa shape index (κ2) is 3.11. The molecule has 2 nitrogen and oxygen atoms in total. The summed E-state index contributed by atoms with van der Waals surface area (Å²) in [7, 11) is 0. The second-order valence-electron chi connectivity index (χ2n) is 2.72. The van der Waals surface area contributed by atoms with Crippen LogP contribution in [0.4, 0.5) is 4.39 Å². The topological polar surface area (TPSA) is 21.8 Å². The first-order valence-corrected chi connectivity index (χ1v) is 3.84. The fourth-order valence-corrected chi connectivity index (χ4v) is 0.910. The Morgan fingerprint density at radius 1 is 1.58 bits per heavy atom. The number of rotatable bonds is 3. The lowest BCUT2D eigenvalue weighted by Crippen LogP contribution is -2.03. The molecule has 0 spiro atoms. The maximum absolute atomic E-state index is 12.6.